The Labute approximate surface area is 203 Å². The number of anilines is 3. The van der Waals surface area contributed by atoms with E-state index in [1.165, 1.54) is 0 Å². The van der Waals surface area contributed by atoms with Gasteiger partial charge in [-0.15, -0.1) is 0 Å². The fourth-order valence-corrected chi connectivity index (χ4v) is 3.40. The maximum absolute atomic E-state index is 13.0. The van der Waals surface area contributed by atoms with Gasteiger partial charge < -0.3 is 10.6 Å². The molecule has 0 atom stereocenters. The van der Waals surface area contributed by atoms with Crippen LogP contribution >= 0.6 is 11.6 Å². The van der Waals surface area contributed by atoms with Gasteiger partial charge in [-0.05, 0) is 24.1 Å². The third-order valence-electron chi connectivity index (χ3n) is 4.95. The van der Waals surface area contributed by atoms with Crippen molar-refractivity contribution in [3.63, 3.8) is 0 Å². The summed E-state index contributed by atoms with van der Waals surface area (Å²) >= 11 is 5.50. The van der Waals surface area contributed by atoms with Crippen molar-refractivity contribution in [1.29, 1.82) is 0 Å². The van der Waals surface area contributed by atoms with Gasteiger partial charge in [-0.3, -0.25) is 9.48 Å². The SMILES string of the molecule is CCn1cc(Nc2ncc(-c3ccc(CC(=O)Nc4cnc(Cl)c(C(F)(F)F)c4)cc3)cn2)cn1. The minimum atomic E-state index is -4.67. The van der Waals surface area contributed by atoms with Crippen molar-refractivity contribution in [1.82, 2.24) is 24.7 Å². The van der Waals surface area contributed by atoms with Crippen LogP contribution in [0.3, 0.4) is 0 Å². The van der Waals surface area contributed by atoms with E-state index in [0.717, 1.165) is 35.6 Å². The van der Waals surface area contributed by atoms with E-state index in [4.69, 9.17) is 11.6 Å². The van der Waals surface area contributed by atoms with Crippen LogP contribution in [0.15, 0.2) is 61.3 Å². The number of amides is 1. The van der Waals surface area contributed by atoms with Gasteiger partial charge >= 0.3 is 6.18 Å². The zero-order chi connectivity index (χ0) is 25.0. The molecule has 0 spiro atoms. The summed E-state index contributed by atoms with van der Waals surface area (Å²) in [5, 5.41) is 9.00. The van der Waals surface area contributed by atoms with Gasteiger partial charge in [0, 0.05) is 30.7 Å². The Morgan fingerprint density at radius 1 is 1.00 bits per heavy atom. The van der Waals surface area contributed by atoms with E-state index in [9.17, 15) is 18.0 Å². The van der Waals surface area contributed by atoms with Crippen LogP contribution in [0.4, 0.5) is 30.5 Å². The number of aryl methyl sites for hydroxylation is 1. The lowest BCUT2D eigenvalue weighted by molar-refractivity contribution is -0.137. The van der Waals surface area contributed by atoms with E-state index < -0.39 is 22.8 Å². The molecule has 0 unspecified atom stereocenters. The van der Waals surface area contributed by atoms with Gasteiger partial charge in [0.2, 0.25) is 11.9 Å². The van der Waals surface area contributed by atoms with Crippen LogP contribution in [0.25, 0.3) is 11.1 Å². The fraction of sp³-hybridized carbons (Fsp3) is 0.174. The van der Waals surface area contributed by atoms with Crippen LogP contribution in [0.1, 0.15) is 18.1 Å². The van der Waals surface area contributed by atoms with Crippen molar-refractivity contribution < 1.29 is 18.0 Å². The second-order valence-electron chi connectivity index (χ2n) is 7.49. The van der Waals surface area contributed by atoms with Crippen molar-refractivity contribution >= 4 is 34.8 Å². The Hall–Kier alpha value is -3.99. The molecule has 2 N–H and O–H groups in total. The van der Waals surface area contributed by atoms with Crippen molar-refractivity contribution in [2.75, 3.05) is 10.6 Å². The van der Waals surface area contributed by atoms with Crippen molar-refractivity contribution in [2.45, 2.75) is 26.1 Å². The number of nitrogens with zero attached hydrogens (tertiary/aromatic N) is 5. The van der Waals surface area contributed by atoms with Gasteiger partial charge in [0.15, 0.2) is 0 Å². The summed E-state index contributed by atoms with van der Waals surface area (Å²) in [6.45, 7) is 2.75. The van der Waals surface area contributed by atoms with Gasteiger partial charge in [0.1, 0.15) is 5.15 Å². The predicted molar refractivity (Wildman–Crippen MR) is 125 cm³/mol. The van der Waals surface area contributed by atoms with E-state index in [1.807, 2.05) is 25.3 Å². The lowest BCUT2D eigenvalue weighted by atomic mass is 10.0. The monoisotopic (exact) mass is 501 g/mol. The number of carbonyl (C=O) groups excluding carboxylic acids is 1. The highest BCUT2D eigenvalue weighted by molar-refractivity contribution is 6.30. The number of halogens is 4. The van der Waals surface area contributed by atoms with Crippen LogP contribution in [-0.2, 0) is 23.9 Å². The average Bonchev–Trinajstić information content (AvgIpc) is 3.28. The van der Waals surface area contributed by atoms with E-state index in [0.29, 0.717) is 11.5 Å². The summed E-state index contributed by atoms with van der Waals surface area (Å²) in [5.74, 6) is -0.0526. The molecule has 4 aromatic rings. The number of aromatic nitrogens is 5. The standard InChI is InChI=1S/C23H19ClF3N7O/c1-2-34-13-18(12-31-34)33-22-29-9-16(10-30-22)15-5-3-14(4-6-15)7-20(35)32-17-8-19(23(25,26)27)21(24)28-11-17/h3-6,8-13H,2,7H2,1H3,(H,32,35)(H,29,30,33). The number of rotatable bonds is 7. The summed E-state index contributed by atoms with van der Waals surface area (Å²) in [6, 6.07) is 7.88. The molecule has 3 heterocycles. The Bertz CT molecular complexity index is 1320. The first-order valence-corrected chi connectivity index (χ1v) is 10.8. The topological polar surface area (TPSA) is 97.6 Å². The smallest absolute Gasteiger partial charge is 0.324 e. The Morgan fingerprint density at radius 3 is 2.34 bits per heavy atom. The number of benzene rings is 1. The quantitative estimate of drug-likeness (QED) is 0.331. The molecule has 0 aliphatic carbocycles. The maximum Gasteiger partial charge on any atom is 0.419 e. The third kappa shape index (κ3) is 6.12. The number of hydrogen-bond donors (Lipinski definition) is 2. The van der Waals surface area contributed by atoms with Gasteiger partial charge in [-0.2, -0.15) is 18.3 Å². The molecular weight excluding hydrogens is 483 g/mol. The summed E-state index contributed by atoms with van der Waals surface area (Å²) in [4.78, 5) is 24.4. The molecule has 1 amide bonds. The molecule has 1 aromatic carbocycles. The van der Waals surface area contributed by atoms with Crippen LogP contribution < -0.4 is 10.6 Å². The molecule has 0 fully saturated rings. The van der Waals surface area contributed by atoms with Crippen LogP contribution in [0, 0.1) is 0 Å². The maximum atomic E-state index is 13.0. The molecular formula is C23H19ClF3N7O. The van der Waals surface area contributed by atoms with E-state index in [-0.39, 0.29) is 12.1 Å². The molecule has 0 radical (unpaired) electrons. The lowest BCUT2D eigenvalue weighted by Crippen LogP contribution is -2.16. The number of pyridine rings is 1. The highest BCUT2D eigenvalue weighted by Gasteiger charge is 2.34. The fourth-order valence-electron chi connectivity index (χ4n) is 3.19. The largest absolute Gasteiger partial charge is 0.419 e. The van der Waals surface area contributed by atoms with Crippen LogP contribution in [0.5, 0.6) is 0 Å². The first-order valence-electron chi connectivity index (χ1n) is 10.4. The van der Waals surface area contributed by atoms with E-state index in [1.54, 1.807) is 35.4 Å². The molecule has 0 aliphatic rings. The summed E-state index contributed by atoms with van der Waals surface area (Å²) < 4.78 is 40.7. The average molecular weight is 502 g/mol. The number of hydrogen-bond acceptors (Lipinski definition) is 6. The zero-order valence-corrected chi connectivity index (χ0v) is 19.1. The lowest BCUT2D eigenvalue weighted by Gasteiger charge is -2.11. The molecule has 0 saturated carbocycles. The predicted octanol–water partition coefficient (Wildman–Crippen LogP) is 5.35. The molecule has 3 aromatic heterocycles. The highest BCUT2D eigenvalue weighted by atomic mass is 35.5. The van der Waals surface area contributed by atoms with Crippen molar-refractivity contribution in [2.24, 2.45) is 0 Å². The summed E-state index contributed by atoms with van der Waals surface area (Å²) in [5.41, 5.74) is 1.89. The Balaban J connectivity index is 1.37. The third-order valence-corrected chi connectivity index (χ3v) is 5.25. The van der Waals surface area contributed by atoms with Crippen LogP contribution in [-0.4, -0.2) is 30.6 Å². The van der Waals surface area contributed by atoms with E-state index in [2.05, 4.69) is 30.7 Å². The van der Waals surface area contributed by atoms with E-state index >= 15 is 0 Å². The number of nitrogens with one attached hydrogen (secondary N) is 2. The second kappa shape index (κ2) is 10.1. The molecule has 35 heavy (non-hydrogen) atoms. The van der Waals surface area contributed by atoms with Crippen LogP contribution in [0.2, 0.25) is 5.15 Å². The summed E-state index contributed by atoms with van der Waals surface area (Å²) in [7, 11) is 0. The zero-order valence-electron chi connectivity index (χ0n) is 18.3. The first-order chi connectivity index (χ1) is 16.7. The van der Waals surface area contributed by atoms with Gasteiger partial charge in [-0.1, -0.05) is 35.9 Å². The minimum absolute atomic E-state index is 0.0327. The van der Waals surface area contributed by atoms with Gasteiger partial charge in [0.25, 0.3) is 0 Å². The number of alkyl halides is 3. The van der Waals surface area contributed by atoms with Crippen molar-refractivity contribution in [3.8, 4) is 11.1 Å². The molecule has 0 bridgehead atoms. The van der Waals surface area contributed by atoms with Crippen molar-refractivity contribution in [3.05, 3.63) is 77.6 Å². The Kier molecular flexibility index (Phi) is 6.97. The van der Waals surface area contributed by atoms with Gasteiger partial charge in [-0.25, -0.2) is 15.0 Å². The normalized spacial score (nSPS) is 11.3. The second-order valence-corrected chi connectivity index (χ2v) is 7.85. The molecule has 0 aliphatic heterocycles. The highest BCUT2D eigenvalue weighted by Crippen LogP contribution is 2.35. The van der Waals surface area contributed by atoms with Gasteiger partial charge in [0.05, 0.1) is 35.8 Å². The number of carbonyl (C=O) groups is 1. The summed E-state index contributed by atoms with van der Waals surface area (Å²) in [6.07, 6.45) is 3.26. The molecule has 8 nitrogen and oxygen atoms in total. The minimum Gasteiger partial charge on any atom is -0.324 e. The molecule has 0 saturated heterocycles. The molecule has 4 rings (SSSR count). The Morgan fingerprint density at radius 2 is 1.71 bits per heavy atom. The molecule has 12 heteroatoms. The molecule has 180 valence electrons. The first kappa shape index (κ1) is 24.1.